The molecule has 2 fully saturated rings. The lowest BCUT2D eigenvalue weighted by Gasteiger charge is -2.26. The fraction of sp³-hybridized carbons (Fsp3) is 0.333. The molecule has 2 saturated heterocycles. The highest BCUT2D eigenvalue weighted by atomic mass is 32.2. The Balaban J connectivity index is 1.30. The highest BCUT2D eigenvalue weighted by molar-refractivity contribution is 8.18. The second-order valence-electron chi connectivity index (χ2n) is 8.94. The normalized spacial score (nSPS) is 17.0. The maximum absolute atomic E-state index is 12.8. The number of carbonyl (C=O) groups excluding carboxylic acids is 4. The van der Waals surface area contributed by atoms with Gasteiger partial charge in [-0.25, -0.2) is 0 Å². The Morgan fingerprint density at radius 2 is 1.73 bits per heavy atom. The number of imide groups is 1. The fourth-order valence-corrected chi connectivity index (χ4v) is 4.63. The van der Waals surface area contributed by atoms with Crippen LogP contribution in [0.4, 0.5) is 10.5 Å². The summed E-state index contributed by atoms with van der Waals surface area (Å²) in [7, 11) is 0. The van der Waals surface area contributed by atoms with E-state index in [1.54, 1.807) is 47.4 Å². The number of amides is 4. The van der Waals surface area contributed by atoms with E-state index in [0.29, 0.717) is 49.2 Å². The molecule has 0 bridgehead atoms. The molecule has 2 aliphatic heterocycles. The van der Waals surface area contributed by atoms with E-state index in [-0.39, 0.29) is 24.0 Å². The van der Waals surface area contributed by atoms with E-state index in [1.165, 1.54) is 0 Å². The molecule has 2 aromatic carbocycles. The predicted molar refractivity (Wildman–Crippen MR) is 141 cm³/mol. The molecular formula is C27H29N3O6S. The van der Waals surface area contributed by atoms with Crippen LogP contribution in [-0.4, -0.2) is 72.2 Å². The van der Waals surface area contributed by atoms with Crippen molar-refractivity contribution in [2.45, 2.75) is 19.8 Å². The summed E-state index contributed by atoms with van der Waals surface area (Å²) < 4.78 is 10.8. The molecule has 4 amide bonds. The summed E-state index contributed by atoms with van der Waals surface area (Å²) in [5.74, 6) is -0.173. The summed E-state index contributed by atoms with van der Waals surface area (Å²) in [6.07, 6.45) is 1.59. The minimum absolute atomic E-state index is 0.0673. The van der Waals surface area contributed by atoms with Gasteiger partial charge in [-0.2, -0.15) is 0 Å². The zero-order chi connectivity index (χ0) is 26.4. The minimum atomic E-state index is -0.517. The molecule has 2 heterocycles. The van der Waals surface area contributed by atoms with Gasteiger partial charge in [-0.3, -0.25) is 24.1 Å². The van der Waals surface area contributed by atoms with Crippen LogP contribution in [0.1, 0.15) is 30.9 Å². The lowest BCUT2D eigenvalue weighted by molar-refractivity contribution is -0.137. The number of benzene rings is 2. The zero-order valence-electron chi connectivity index (χ0n) is 20.8. The van der Waals surface area contributed by atoms with Crippen LogP contribution in [0.25, 0.3) is 6.08 Å². The summed E-state index contributed by atoms with van der Waals surface area (Å²) in [5.41, 5.74) is 2.44. The van der Waals surface area contributed by atoms with Gasteiger partial charge in [0.15, 0.2) is 6.61 Å². The molecule has 4 rings (SSSR count). The van der Waals surface area contributed by atoms with Gasteiger partial charge in [-0.05, 0) is 59.1 Å². The zero-order valence-corrected chi connectivity index (χ0v) is 21.6. The van der Waals surface area contributed by atoms with Crippen molar-refractivity contribution in [3.63, 3.8) is 0 Å². The third-order valence-electron chi connectivity index (χ3n) is 5.94. The maximum Gasteiger partial charge on any atom is 0.294 e. The van der Waals surface area contributed by atoms with E-state index < -0.39 is 17.1 Å². The average Bonchev–Trinajstić information content (AvgIpc) is 3.16. The first-order valence-corrected chi connectivity index (χ1v) is 12.9. The Kier molecular flexibility index (Phi) is 8.62. The molecule has 0 aliphatic carbocycles. The first kappa shape index (κ1) is 26.4. The summed E-state index contributed by atoms with van der Waals surface area (Å²) >= 11 is 0.791. The van der Waals surface area contributed by atoms with Crippen LogP contribution in [0.15, 0.2) is 53.4 Å². The molecule has 2 aliphatic rings. The topological polar surface area (TPSA) is 105 Å². The van der Waals surface area contributed by atoms with Crippen LogP contribution in [-0.2, 0) is 19.1 Å². The van der Waals surface area contributed by atoms with Gasteiger partial charge in [-0.15, -0.1) is 0 Å². The molecule has 194 valence electrons. The molecule has 0 unspecified atom stereocenters. The predicted octanol–water partition coefficient (Wildman–Crippen LogP) is 3.72. The van der Waals surface area contributed by atoms with Crippen LogP contribution in [0.2, 0.25) is 0 Å². The Morgan fingerprint density at radius 3 is 2.38 bits per heavy atom. The molecule has 0 radical (unpaired) electrons. The van der Waals surface area contributed by atoms with E-state index in [4.69, 9.17) is 9.47 Å². The van der Waals surface area contributed by atoms with Crippen molar-refractivity contribution >= 4 is 46.5 Å². The highest BCUT2D eigenvalue weighted by Crippen LogP contribution is 2.32. The Hall–Kier alpha value is -3.63. The first-order chi connectivity index (χ1) is 17.8. The van der Waals surface area contributed by atoms with Crippen LogP contribution >= 0.6 is 11.8 Å². The Labute approximate surface area is 219 Å². The van der Waals surface area contributed by atoms with Gasteiger partial charge >= 0.3 is 0 Å². The summed E-state index contributed by atoms with van der Waals surface area (Å²) in [4.78, 5) is 52.7. The van der Waals surface area contributed by atoms with Crippen molar-refractivity contribution in [3.05, 3.63) is 64.6 Å². The molecule has 10 heteroatoms. The van der Waals surface area contributed by atoms with Crippen molar-refractivity contribution in [1.29, 1.82) is 0 Å². The number of nitrogens with zero attached hydrogens (tertiary/aromatic N) is 2. The van der Waals surface area contributed by atoms with Gasteiger partial charge < -0.3 is 19.7 Å². The van der Waals surface area contributed by atoms with E-state index in [0.717, 1.165) is 22.2 Å². The number of carbonyl (C=O) groups is 4. The number of hydrogen-bond donors (Lipinski definition) is 1. The molecule has 0 atom stereocenters. The van der Waals surface area contributed by atoms with E-state index in [9.17, 15) is 19.2 Å². The SMILES string of the molecule is CC(C)c1ccc(NC(=O)CN2C(=O)S/C(=C/c3ccc(OCC(=O)N4CCOCC4)cc3)C2=O)cc1. The van der Waals surface area contributed by atoms with Crippen LogP contribution in [0.5, 0.6) is 5.75 Å². The first-order valence-electron chi connectivity index (χ1n) is 12.0. The van der Waals surface area contributed by atoms with Crippen LogP contribution in [0, 0.1) is 0 Å². The second-order valence-corrected chi connectivity index (χ2v) is 9.94. The maximum atomic E-state index is 12.8. The highest BCUT2D eigenvalue weighted by Gasteiger charge is 2.36. The van der Waals surface area contributed by atoms with Crippen LogP contribution < -0.4 is 10.1 Å². The monoisotopic (exact) mass is 523 g/mol. The lowest BCUT2D eigenvalue weighted by Crippen LogP contribution is -2.42. The van der Waals surface area contributed by atoms with E-state index >= 15 is 0 Å². The van der Waals surface area contributed by atoms with E-state index in [2.05, 4.69) is 19.2 Å². The molecule has 0 aromatic heterocycles. The second kappa shape index (κ2) is 12.1. The molecule has 2 aromatic rings. The smallest absolute Gasteiger partial charge is 0.294 e. The summed E-state index contributed by atoms with van der Waals surface area (Å²) in [5, 5.41) is 2.23. The van der Waals surface area contributed by atoms with Crippen molar-refractivity contribution in [2.75, 3.05) is 44.8 Å². The Bertz CT molecular complexity index is 1190. The third-order valence-corrected chi connectivity index (χ3v) is 6.85. The summed E-state index contributed by atoms with van der Waals surface area (Å²) in [6.45, 7) is 5.91. The van der Waals surface area contributed by atoms with Crippen LogP contribution in [0.3, 0.4) is 0 Å². The molecule has 1 N–H and O–H groups in total. The number of thioether (sulfide) groups is 1. The number of anilines is 1. The van der Waals surface area contributed by atoms with Gasteiger partial charge in [0.1, 0.15) is 12.3 Å². The number of hydrogen-bond acceptors (Lipinski definition) is 7. The number of morpholine rings is 1. The Morgan fingerprint density at radius 1 is 1.05 bits per heavy atom. The van der Waals surface area contributed by atoms with Gasteiger partial charge in [-0.1, -0.05) is 38.1 Å². The van der Waals surface area contributed by atoms with Gasteiger partial charge in [0, 0.05) is 18.8 Å². The average molecular weight is 524 g/mol. The largest absolute Gasteiger partial charge is 0.484 e. The molecule has 9 nitrogen and oxygen atoms in total. The van der Waals surface area contributed by atoms with Gasteiger partial charge in [0.25, 0.3) is 17.1 Å². The van der Waals surface area contributed by atoms with Crippen molar-refractivity contribution < 1.29 is 28.7 Å². The quantitative estimate of drug-likeness (QED) is 0.526. The lowest BCUT2D eigenvalue weighted by atomic mass is 10.0. The van der Waals surface area contributed by atoms with Gasteiger partial charge in [0.2, 0.25) is 5.91 Å². The number of nitrogens with one attached hydrogen (secondary N) is 1. The van der Waals surface area contributed by atoms with Crippen molar-refractivity contribution in [1.82, 2.24) is 9.80 Å². The van der Waals surface area contributed by atoms with Crippen molar-refractivity contribution in [2.24, 2.45) is 0 Å². The number of rotatable bonds is 8. The molecule has 37 heavy (non-hydrogen) atoms. The molecule has 0 spiro atoms. The number of ether oxygens (including phenoxy) is 2. The standard InChI is InChI=1S/C27H29N3O6S/c1-18(2)20-5-7-21(8-6-20)28-24(31)16-30-26(33)23(37-27(30)34)15-19-3-9-22(10-4-19)36-17-25(32)29-11-13-35-14-12-29/h3-10,15,18H,11-14,16-17H2,1-2H3,(H,28,31)/b23-15+. The summed E-state index contributed by atoms with van der Waals surface area (Å²) in [6, 6.07) is 14.3. The van der Waals surface area contributed by atoms with Gasteiger partial charge in [0.05, 0.1) is 18.1 Å². The van der Waals surface area contributed by atoms with E-state index in [1.807, 2.05) is 12.1 Å². The molecule has 0 saturated carbocycles. The molecular weight excluding hydrogens is 494 g/mol. The third kappa shape index (κ3) is 6.99. The minimum Gasteiger partial charge on any atom is -0.484 e. The van der Waals surface area contributed by atoms with Crippen molar-refractivity contribution in [3.8, 4) is 5.75 Å². The fourth-order valence-electron chi connectivity index (χ4n) is 3.79.